The minimum Gasteiger partial charge on any atom is -0.493 e. The molecule has 0 spiro atoms. The van der Waals surface area contributed by atoms with Gasteiger partial charge in [0, 0.05) is 13.1 Å². The Morgan fingerprint density at radius 3 is 2.66 bits per heavy atom. The molecule has 12 nitrogen and oxygen atoms in total. The molecule has 1 amide bonds. The second kappa shape index (κ2) is 12.5. The Bertz CT molecular complexity index is 1820. The van der Waals surface area contributed by atoms with Gasteiger partial charge in [-0.05, 0) is 55.3 Å². The van der Waals surface area contributed by atoms with Gasteiger partial charge in [-0.3, -0.25) is 14.2 Å². The molecule has 0 bridgehead atoms. The zero-order chi connectivity index (χ0) is 30.8. The molecule has 6 rings (SSSR count). The maximum Gasteiger partial charge on any atom is 0.338 e. The van der Waals surface area contributed by atoms with E-state index in [4.69, 9.17) is 28.4 Å². The van der Waals surface area contributed by atoms with Gasteiger partial charge >= 0.3 is 5.97 Å². The van der Waals surface area contributed by atoms with E-state index < -0.39 is 12.0 Å². The normalized spacial score (nSPS) is 17.7. The van der Waals surface area contributed by atoms with Crippen LogP contribution >= 0.6 is 11.3 Å². The predicted molar refractivity (Wildman–Crippen MR) is 159 cm³/mol. The molecule has 3 aliphatic heterocycles. The van der Waals surface area contributed by atoms with Crippen LogP contribution in [0.25, 0.3) is 6.08 Å². The number of thiazole rings is 1. The third-order valence-electron chi connectivity index (χ3n) is 7.43. The fourth-order valence-corrected chi connectivity index (χ4v) is 6.32. The van der Waals surface area contributed by atoms with Gasteiger partial charge in [0.1, 0.15) is 0 Å². The number of allylic oxidation sites excluding steroid dienone is 1. The molecular weight excluding hydrogens is 590 g/mol. The number of fused-ring (bicyclic) bond motifs is 2. The summed E-state index contributed by atoms with van der Waals surface area (Å²) in [5.41, 5.74) is 1.77. The summed E-state index contributed by atoms with van der Waals surface area (Å²) in [6, 6.07) is 9.77. The number of esters is 1. The fourth-order valence-electron chi connectivity index (χ4n) is 5.28. The van der Waals surface area contributed by atoms with Gasteiger partial charge in [-0.15, -0.1) is 0 Å². The van der Waals surface area contributed by atoms with Crippen LogP contribution in [0, 0.1) is 0 Å². The van der Waals surface area contributed by atoms with Crippen LogP contribution < -0.4 is 33.8 Å². The standard InChI is InChI=1S/C31H31N3O9S/c1-4-40-30(37)27-18(2)32-31-34(28(27)20-6-8-22-24(15-20)43-17-42-22)29(36)25(44-31)14-19-5-7-21(23(13-19)38-3)41-16-26(35)33-9-11-39-12-10-33/h5-8,13-15,28H,4,9-12,16-17H2,1-3H3/b25-14+/t28-/m1/s1. The summed E-state index contributed by atoms with van der Waals surface area (Å²) in [6.07, 6.45) is 1.73. The molecule has 3 aromatic rings. The lowest BCUT2D eigenvalue weighted by Crippen LogP contribution is -2.43. The summed E-state index contributed by atoms with van der Waals surface area (Å²) in [6.45, 7) is 5.69. The summed E-state index contributed by atoms with van der Waals surface area (Å²) in [5, 5.41) is 0. The van der Waals surface area contributed by atoms with E-state index in [0.29, 0.717) is 75.5 Å². The van der Waals surface area contributed by atoms with Gasteiger partial charge in [0.25, 0.3) is 11.5 Å². The number of ether oxygens (including phenoxy) is 6. The van der Waals surface area contributed by atoms with Crippen molar-refractivity contribution in [1.29, 1.82) is 0 Å². The predicted octanol–water partition coefficient (Wildman–Crippen LogP) is 1.77. The molecule has 0 aliphatic carbocycles. The van der Waals surface area contributed by atoms with E-state index in [2.05, 4.69) is 4.99 Å². The number of rotatable bonds is 8. The second-order valence-electron chi connectivity index (χ2n) is 10.1. The number of hydrogen-bond donors (Lipinski definition) is 0. The maximum absolute atomic E-state index is 14.0. The number of carbonyl (C=O) groups is 2. The Labute approximate surface area is 256 Å². The highest BCUT2D eigenvalue weighted by Gasteiger charge is 2.34. The maximum atomic E-state index is 14.0. The van der Waals surface area contributed by atoms with Crippen molar-refractivity contribution in [2.24, 2.45) is 4.99 Å². The van der Waals surface area contributed by atoms with Gasteiger partial charge < -0.3 is 33.3 Å². The molecule has 13 heteroatoms. The van der Waals surface area contributed by atoms with Crippen molar-refractivity contribution in [3.63, 3.8) is 0 Å². The van der Waals surface area contributed by atoms with Crippen molar-refractivity contribution in [3.05, 3.63) is 78.5 Å². The zero-order valence-electron chi connectivity index (χ0n) is 24.5. The first-order valence-corrected chi connectivity index (χ1v) is 14.9. The second-order valence-corrected chi connectivity index (χ2v) is 11.1. The van der Waals surface area contributed by atoms with E-state index in [0.717, 1.165) is 0 Å². The van der Waals surface area contributed by atoms with E-state index in [1.807, 2.05) is 0 Å². The van der Waals surface area contributed by atoms with Gasteiger partial charge in [0.05, 0.1) is 48.8 Å². The van der Waals surface area contributed by atoms with Crippen LogP contribution in [0.4, 0.5) is 0 Å². The molecule has 0 unspecified atom stereocenters. The molecule has 1 atom stereocenters. The first-order valence-electron chi connectivity index (χ1n) is 14.1. The summed E-state index contributed by atoms with van der Waals surface area (Å²) in [5.74, 6) is 1.27. The lowest BCUT2D eigenvalue weighted by Gasteiger charge is -2.26. The van der Waals surface area contributed by atoms with E-state index in [1.54, 1.807) is 61.2 Å². The average Bonchev–Trinajstić information content (AvgIpc) is 3.63. The summed E-state index contributed by atoms with van der Waals surface area (Å²) >= 11 is 1.21. The third kappa shape index (κ3) is 5.67. The molecule has 4 heterocycles. The topological polar surface area (TPSA) is 127 Å². The molecule has 44 heavy (non-hydrogen) atoms. The zero-order valence-corrected chi connectivity index (χ0v) is 25.3. The van der Waals surface area contributed by atoms with Crippen molar-refractivity contribution < 1.29 is 38.0 Å². The highest BCUT2D eigenvalue weighted by molar-refractivity contribution is 7.07. The summed E-state index contributed by atoms with van der Waals surface area (Å²) < 4.78 is 34.9. The Morgan fingerprint density at radius 2 is 1.89 bits per heavy atom. The summed E-state index contributed by atoms with van der Waals surface area (Å²) in [7, 11) is 1.51. The monoisotopic (exact) mass is 621 g/mol. The Hall–Kier alpha value is -4.62. The first-order chi connectivity index (χ1) is 21.4. The Kier molecular flexibility index (Phi) is 8.40. The van der Waals surface area contributed by atoms with Crippen LogP contribution in [0.3, 0.4) is 0 Å². The number of methoxy groups -OCH3 is 1. The largest absolute Gasteiger partial charge is 0.493 e. The minimum absolute atomic E-state index is 0.0959. The highest BCUT2D eigenvalue weighted by atomic mass is 32.1. The van der Waals surface area contributed by atoms with Crippen molar-refractivity contribution in [2.75, 3.05) is 53.4 Å². The van der Waals surface area contributed by atoms with Gasteiger partial charge in [-0.25, -0.2) is 9.79 Å². The van der Waals surface area contributed by atoms with Crippen molar-refractivity contribution in [1.82, 2.24) is 9.47 Å². The number of carbonyl (C=O) groups excluding carboxylic acids is 2. The fraction of sp³-hybridized carbons (Fsp3) is 0.355. The average molecular weight is 622 g/mol. The van der Waals surface area contributed by atoms with Crippen molar-refractivity contribution in [2.45, 2.75) is 19.9 Å². The van der Waals surface area contributed by atoms with Gasteiger partial charge in [-0.2, -0.15) is 0 Å². The number of benzene rings is 2. The molecular formula is C31H31N3O9S. The third-order valence-corrected chi connectivity index (χ3v) is 8.41. The lowest BCUT2D eigenvalue weighted by atomic mass is 9.95. The minimum atomic E-state index is -0.781. The molecule has 1 aromatic heterocycles. The Morgan fingerprint density at radius 1 is 1.09 bits per heavy atom. The van der Waals surface area contributed by atoms with Crippen molar-refractivity contribution >= 4 is 29.3 Å². The van der Waals surface area contributed by atoms with Gasteiger partial charge in [0.15, 0.2) is 34.4 Å². The van der Waals surface area contributed by atoms with Crippen LogP contribution in [0.2, 0.25) is 0 Å². The molecule has 0 radical (unpaired) electrons. The smallest absolute Gasteiger partial charge is 0.338 e. The van der Waals surface area contributed by atoms with Crippen LogP contribution in [0.1, 0.15) is 31.0 Å². The van der Waals surface area contributed by atoms with E-state index in [-0.39, 0.29) is 37.0 Å². The number of morpholine rings is 1. The first kappa shape index (κ1) is 29.5. The SMILES string of the molecule is CCOC(=O)C1=C(C)N=c2s/c(=C/c3ccc(OCC(=O)N4CCOCC4)c(OC)c3)c(=O)n2[C@@H]1c1ccc2c(c1)OCO2. The van der Waals surface area contributed by atoms with Crippen LogP contribution in [0.15, 0.2) is 57.5 Å². The number of hydrogen-bond acceptors (Lipinski definition) is 11. The van der Waals surface area contributed by atoms with Crippen LogP contribution in [-0.4, -0.2) is 74.8 Å². The Balaban J connectivity index is 1.34. The molecule has 0 N–H and O–H groups in total. The molecule has 0 saturated carbocycles. The highest BCUT2D eigenvalue weighted by Crippen LogP contribution is 2.38. The number of amides is 1. The van der Waals surface area contributed by atoms with E-state index in [1.165, 1.54) is 23.0 Å². The van der Waals surface area contributed by atoms with E-state index >= 15 is 0 Å². The molecule has 230 valence electrons. The number of aromatic nitrogens is 1. The molecule has 2 aromatic carbocycles. The number of nitrogens with zero attached hydrogens (tertiary/aromatic N) is 3. The molecule has 1 fully saturated rings. The lowest BCUT2D eigenvalue weighted by molar-refractivity contribution is -0.139. The van der Waals surface area contributed by atoms with Crippen molar-refractivity contribution in [3.8, 4) is 23.0 Å². The molecule has 1 saturated heterocycles. The summed E-state index contributed by atoms with van der Waals surface area (Å²) in [4.78, 5) is 46.4. The van der Waals surface area contributed by atoms with Gasteiger partial charge in [-0.1, -0.05) is 23.5 Å². The van der Waals surface area contributed by atoms with Crippen LogP contribution in [-0.2, 0) is 19.1 Å². The van der Waals surface area contributed by atoms with E-state index in [9.17, 15) is 14.4 Å². The van der Waals surface area contributed by atoms with Crippen LogP contribution in [0.5, 0.6) is 23.0 Å². The quantitative estimate of drug-likeness (QED) is 0.346. The molecule has 3 aliphatic rings. The van der Waals surface area contributed by atoms with Gasteiger partial charge in [0.2, 0.25) is 6.79 Å².